The maximum atomic E-state index is 4.65. The zero-order valence-electron chi connectivity index (χ0n) is 12.8. The zero-order chi connectivity index (χ0) is 14.0. The third-order valence-corrected chi connectivity index (χ3v) is 3.56. The Bertz CT molecular complexity index is 434. The molecule has 1 unspecified atom stereocenters. The third kappa shape index (κ3) is 3.90. The van der Waals surface area contributed by atoms with Crippen LogP contribution in [0.25, 0.3) is 0 Å². The molecule has 1 aliphatic rings. The molecule has 0 radical (unpaired) electrons. The summed E-state index contributed by atoms with van der Waals surface area (Å²) in [7, 11) is 3.97. The summed E-state index contributed by atoms with van der Waals surface area (Å²) in [5, 5.41) is 3.60. The molecule has 0 saturated carbocycles. The van der Waals surface area contributed by atoms with E-state index in [-0.39, 0.29) is 5.54 Å². The first-order chi connectivity index (χ1) is 8.85. The second-order valence-corrected chi connectivity index (χ2v) is 6.78. The molecule has 0 spiro atoms. The van der Waals surface area contributed by atoms with E-state index >= 15 is 0 Å². The maximum Gasteiger partial charge on any atom is 0.224 e. The van der Waals surface area contributed by atoms with Gasteiger partial charge < -0.3 is 10.2 Å². The highest BCUT2D eigenvalue weighted by Gasteiger charge is 2.22. The van der Waals surface area contributed by atoms with E-state index in [1.807, 2.05) is 25.2 Å². The van der Waals surface area contributed by atoms with Crippen LogP contribution in [-0.2, 0) is 12.8 Å². The van der Waals surface area contributed by atoms with Gasteiger partial charge in [-0.05, 0) is 58.1 Å². The van der Waals surface area contributed by atoms with Gasteiger partial charge in [0.2, 0.25) is 5.95 Å². The summed E-state index contributed by atoms with van der Waals surface area (Å²) in [5.41, 5.74) is 2.77. The molecule has 2 rings (SSSR count). The van der Waals surface area contributed by atoms with Crippen molar-refractivity contribution in [2.75, 3.05) is 25.5 Å². The fourth-order valence-electron chi connectivity index (χ4n) is 2.41. The zero-order valence-corrected chi connectivity index (χ0v) is 12.8. The van der Waals surface area contributed by atoms with Crippen LogP contribution in [0.2, 0.25) is 0 Å². The minimum atomic E-state index is 0.200. The largest absolute Gasteiger partial charge is 0.347 e. The molecule has 4 heteroatoms. The van der Waals surface area contributed by atoms with E-state index in [0.29, 0.717) is 5.92 Å². The lowest BCUT2D eigenvalue weighted by molar-refractivity contribution is 0.347. The minimum absolute atomic E-state index is 0.200. The molecule has 1 heterocycles. The van der Waals surface area contributed by atoms with Crippen LogP contribution in [0.5, 0.6) is 0 Å². The molecule has 1 aromatic rings. The predicted octanol–water partition coefficient (Wildman–Crippen LogP) is 2.04. The predicted molar refractivity (Wildman–Crippen MR) is 79.6 cm³/mol. The van der Waals surface area contributed by atoms with E-state index in [1.54, 1.807) is 0 Å². The summed E-state index contributed by atoms with van der Waals surface area (Å²) in [6.45, 7) is 7.74. The molecule has 106 valence electrons. The molecule has 1 atom stereocenters. The second kappa shape index (κ2) is 5.45. The van der Waals surface area contributed by atoms with Crippen LogP contribution < -0.4 is 10.2 Å². The van der Waals surface area contributed by atoms with Crippen LogP contribution in [0.1, 0.15) is 38.4 Å². The fourth-order valence-corrected chi connectivity index (χ4v) is 2.41. The molecule has 0 aliphatic heterocycles. The molecule has 0 aromatic carbocycles. The summed E-state index contributed by atoms with van der Waals surface area (Å²) >= 11 is 0. The van der Waals surface area contributed by atoms with Crippen LogP contribution in [-0.4, -0.2) is 36.1 Å². The molecule has 0 fully saturated rings. The number of anilines is 1. The van der Waals surface area contributed by atoms with Crippen molar-refractivity contribution in [3.8, 4) is 0 Å². The van der Waals surface area contributed by atoms with Crippen molar-refractivity contribution in [3.05, 3.63) is 17.5 Å². The van der Waals surface area contributed by atoms with E-state index in [0.717, 1.165) is 25.3 Å². The fraction of sp³-hybridized carbons (Fsp3) is 0.733. The average Bonchev–Trinajstić information content (AvgIpc) is 2.34. The summed E-state index contributed by atoms with van der Waals surface area (Å²) in [6, 6.07) is 0. The normalized spacial score (nSPS) is 19.1. The van der Waals surface area contributed by atoms with Crippen LogP contribution in [0.15, 0.2) is 6.20 Å². The summed E-state index contributed by atoms with van der Waals surface area (Å²) in [4.78, 5) is 11.0. The quantitative estimate of drug-likeness (QED) is 0.905. The Kier molecular flexibility index (Phi) is 4.09. The minimum Gasteiger partial charge on any atom is -0.347 e. The number of hydrogen-bond acceptors (Lipinski definition) is 4. The summed E-state index contributed by atoms with van der Waals surface area (Å²) < 4.78 is 0. The Labute approximate surface area is 116 Å². The van der Waals surface area contributed by atoms with Gasteiger partial charge in [0.1, 0.15) is 0 Å². The van der Waals surface area contributed by atoms with Gasteiger partial charge in [0.25, 0.3) is 0 Å². The molecule has 1 N–H and O–H groups in total. The molecule has 0 amide bonds. The van der Waals surface area contributed by atoms with Crippen molar-refractivity contribution in [1.29, 1.82) is 0 Å². The molecule has 1 aromatic heterocycles. The number of fused-ring (bicyclic) bond motifs is 1. The number of nitrogens with zero attached hydrogens (tertiary/aromatic N) is 3. The van der Waals surface area contributed by atoms with Crippen molar-refractivity contribution in [3.63, 3.8) is 0 Å². The first-order valence-corrected chi connectivity index (χ1v) is 7.12. The van der Waals surface area contributed by atoms with Gasteiger partial charge in [0.15, 0.2) is 0 Å². The van der Waals surface area contributed by atoms with Gasteiger partial charge in [-0.1, -0.05) is 0 Å². The van der Waals surface area contributed by atoms with Crippen molar-refractivity contribution in [2.45, 2.75) is 45.6 Å². The van der Waals surface area contributed by atoms with E-state index in [2.05, 4.69) is 36.1 Å². The van der Waals surface area contributed by atoms with Gasteiger partial charge in [-0.15, -0.1) is 0 Å². The van der Waals surface area contributed by atoms with Crippen LogP contribution in [0.3, 0.4) is 0 Å². The number of hydrogen-bond donors (Lipinski definition) is 1. The molecule has 0 saturated heterocycles. The molecule has 19 heavy (non-hydrogen) atoms. The molecular weight excluding hydrogens is 236 g/mol. The lowest BCUT2D eigenvalue weighted by Gasteiger charge is -2.28. The monoisotopic (exact) mass is 262 g/mol. The first kappa shape index (κ1) is 14.3. The Morgan fingerprint density at radius 1 is 1.37 bits per heavy atom. The molecule has 4 nitrogen and oxygen atoms in total. The summed E-state index contributed by atoms with van der Waals surface area (Å²) in [6.07, 6.45) is 5.42. The van der Waals surface area contributed by atoms with Crippen LogP contribution >= 0.6 is 0 Å². The van der Waals surface area contributed by atoms with E-state index in [4.69, 9.17) is 0 Å². The first-order valence-electron chi connectivity index (χ1n) is 7.12. The standard InChI is InChI=1S/C15H26N4/c1-15(2,3)17-9-11-6-7-13-12(8-11)10-16-14(18-13)19(4)5/h10-11,17H,6-9H2,1-5H3. The lowest BCUT2D eigenvalue weighted by atomic mass is 9.87. The number of aryl methyl sites for hydroxylation is 1. The Balaban J connectivity index is 2.00. The highest BCUT2D eigenvalue weighted by molar-refractivity contribution is 5.32. The van der Waals surface area contributed by atoms with Gasteiger partial charge in [-0.25, -0.2) is 9.97 Å². The Morgan fingerprint density at radius 2 is 2.11 bits per heavy atom. The van der Waals surface area contributed by atoms with Crippen molar-refractivity contribution in [1.82, 2.24) is 15.3 Å². The Hall–Kier alpha value is -1.16. The van der Waals surface area contributed by atoms with E-state index < -0.39 is 0 Å². The van der Waals surface area contributed by atoms with Crippen molar-refractivity contribution in [2.24, 2.45) is 5.92 Å². The SMILES string of the molecule is CN(C)c1ncc2c(n1)CCC(CNC(C)(C)C)C2. The van der Waals surface area contributed by atoms with Gasteiger partial charge in [-0.2, -0.15) is 0 Å². The number of aromatic nitrogens is 2. The molecule has 0 bridgehead atoms. The second-order valence-electron chi connectivity index (χ2n) is 6.78. The van der Waals surface area contributed by atoms with E-state index in [1.165, 1.54) is 17.7 Å². The summed E-state index contributed by atoms with van der Waals surface area (Å²) in [5.74, 6) is 1.53. The number of nitrogens with one attached hydrogen (secondary N) is 1. The van der Waals surface area contributed by atoms with Crippen molar-refractivity contribution < 1.29 is 0 Å². The van der Waals surface area contributed by atoms with Gasteiger partial charge in [-0.3, -0.25) is 0 Å². The smallest absolute Gasteiger partial charge is 0.224 e. The number of rotatable bonds is 3. The van der Waals surface area contributed by atoms with E-state index in [9.17, 15) is 0 Å². The average molecular weight is 262 g/mol. The highest BCUT2D eigenvalue weighted by atomic mass is 15.2. The topological polar surface area (TPSA) is 41.1 Å². The molecule has 1 aliphatic carbocycles. The molecular formula is C15H26N4. The third-order valence-electron chi connectivity index (χ3n) is 3.56. The highest BCUT2D eigenvalue weighted by Crippen LogP contribution is 2.24. The van der Waals surface area contributed by atoms with Gasteiger partial charge in [0, 0.05) is 31.5 Å². The van der Waals surface area contributed by atoms with Crippen LogP contribution in [0.4, 0.5) is 5.95 Å². The van der Waals surface area contributed by atoms with Gasteiger partial charge >= 0.3 is 0 Å². The maximum absolute atomic E-state index is 4.65. The Morgan fingerprint density at radius 3 is 2.74 bits per heavy atom. The van der Waals surface area contributed by atoms with Crippen LogP contribution in [0, 0.1) is 5.92 Å². The van der Waals surface area contributed by atoms with Gasteiger partial charge in [0.05, 0.1) is 0 Å². The lowest BCUT2D eigenvalue weighted by Crippen LogP contribution is -2.40. The van der Waals surface area contributed by atoms with Crippen molar-refractivity contribution >= 4 is 5.95 Å².